The lowest BCUT2D eigenvalue weighted by atomic mass is 10.2. The van der Waals surface area contributed by atoms with Crippen molar-refractivity contribution in [3.63, 3.8) is 0 Å². The molecule has 0 radical (unpaired) electrons. The van der Waals surface area contributed by atoms with Crippen LogP contribution in [-0.2, 0) is 0 Å². The number of hydrogen-bond donors (Lipinski definition) is 2. The molecule has 1 atom stereocenters. The molecule has 0 heterocycles. The summed E-state index contributed by atoms with van der Waals surface area (Å²) in [4.78, 5) is 9.57. The highest BCUT2D eigenvalue weighted by Crippen LogP contribution is 2.00. The van der Waals surface area contributed by atoms with Gasteiger partial charge in [0.1, 0.15) is 0 Å². The summed E-state index contributed by atoms with van der Waals surface area (Å²) in [5.41, 5.74) is 0. The summed E-state index contributed by atoms with van der Waals surface area (Å²) in [6.45, 7) is 18.5. The number of hydrogen-bond acceptors (Lipinski definition) is 3. The standard InChI is InChI=1S/C19H43N5/c1-7-11-15-23(6)17-14-21-19(20-8-2)22-18(5)13-12-16-24(9-3)10-4/h18H,7-17H2,1-6H3,(H2,20,21,22). The molecule has 2 N–H and O–H groups in total. The van der Waals surface area contributed by atoms with Crippen LogP contribution in [0.3, 0.4) is 0 Å². The van der Waals surface area contributed by atoms with Gasteiger partial charge in [-0.3, -0.25) is 4.99 Å². The van der Waals surface area contributed by atoms with Crippen LogP contribution in [0.2, 0.25) is 0 Å². The van der Waals surface area contributed by atoms with Gasteiger partial charge in [-0.1, -0.05) is 27.2 Å². The van der Waals surface area contributed by atoms with Crippen LogP contribution >= 0.6 is 0 Å². The molecule has 0 rings (SSSR count). The first kappa shape index (κ1) is 23.2. The zero-order chi connectivity index (χ0) is 18.2. The third kappa shape index (κ3) is 12.6. The van der Waals surface area contributed by atoms with Crippen molar-refractivity contribution in [2.24, 2.45) is 4.99 Å². The number of nitrogens with zero attached hydrogens (tertiary/aromatic N) is 3. The van der Waals surface area contributed by atoms with Crippen molar-refractivity contribution in [1.82, 2.24) is 20.4 Å². The molecule has 0 aromatic heterocycles. The number of unbranched alkanes of at least 4 members (excludes halogenated alkanes) is 1. The van der Waals surface area contributed by atoms with Crippen molar-refractivity contribution in [3.8, 4) is 0 Å². The Labute approximate surface area is 151 Å². The van der Waals surface area contributed by atoms with Gasteiger partial charge in [-0.25, -0.2) is 0 Å². The fourth-order valence-electron chi connectivity index (χ4n) is 2.66. The second kappa shape index (κ2) is 15.7. The van der Waals surface area contributed by atoms with Gasteiger partial charge < -0.3 is 20.4 Å². The lowest BCUT2D eigenvalue weighted by Crippen LogP contribution is -2.43. The fraction of sp³-hybridized carbons (Fsp3) is 0.947. The van der Waals surface area contributed by atoms with Crippen LogP contribution in [-0.4, -0.2) is 74.7 Å². The second-order valence-electron chi connectivity index (χ2n) is 6.63. The van der Waals surface area contributed by atoms with Crippen LogP contribution in [0.25, 0.3) is 0 Å². The SMILES string of the molecule is CCCCN(C)CCN=C(NCC)NC(C)CCCN(CC)CC. The lowest BCUT2D eigenvalue weighted by molar-refractivity contribution is 0.292. The van der Waals surface area contributed by atoms with E-state index < -0.39 is 0 Å². The maximum atomic E-state index is 4.72. The summed E-state index contributed by atoms with van der Waals surface area (Å²) >= 11 is 0. The molecule has 0 aromatic rings. The van der Waals surface area contributed by atoms with Gasteiger partial charge in [-0.05, 0) is 66.3 Å². The first-order chi connectivity index (χ1) is 11.6. The second-order valence-corrected chi connectivity index (χ2v) is 6.63. The summed E-state index contributed by atoms with van der Waals surface area (Å²) in [7, 11) is 2.18. The van der Waals surface area contributed by atoms with Gasteiger partial charge in [0.05, 0.1) is 6.54 Å². The minimum atomic E-state index is 0.455. The topological polar surface area (TPSA) is 42.9 Å². The number of rotatable bonds is 14. The van der Waals surface area contributed by atoms with Crippen LogP contribution in [0.15, 0.2) is 4.99 Å². The molecule has 0 aliphatic rings. The Bertz CT molecular complexity index is 302. The summed E-state index contributed by atoms with van der Waals surface area (Å²) < 4.78 is 0. The smallest absolute Gasteiger partial charge is 0.191 e. The zero-order valence-corrected chi connectivity index (χ0v) is 17.2. The predicted octanol–water partition coefficient (Wildman–Crippen LogP) is 2.78. The summed E-state index contributed by atoms with van der Waals surface area (Å²) in [5, 5.41) is 6.91. The van der Waals surface area contributed by atoms with Crippen LogP contribution in [0.5, 0.6) is 0 Å². The Morgan fingerprint density at radius 3 is 2.29 bits per heavy atom. The molecular formula is C19H43N5. The summed E-state index contributed by atoms with van der Waals surface area (Å²) in [6, 6.07) is 0.455. The highest BCUT2D eigenvalue weighted by molar-refractivity contribution is 5.80. The molecular weight excluding hydrogens is 298 g/mol. The van der Waals surface area contributed by atoms with Crippen molar-refractivity contribution >= 4 is 5.96 Å². The van der Waals surface area contributed by atoms with Gasteiger partial charge in [0.25, 0.3) is 0 Å². The van der Waals surface area contributed by atoms with Gasteiger partial charge >= 0.3 is 0 Å². The largest absolute Gasteiger partial charge is 0.357 e. The Kier molecular flexibility index (Phi) is 15.2. The van der Waals surface area contributed by atoms with Crippen LogP contribution < -0.4 is 10.6 Å². The Morgan fingerprint density at radius 1 is 1.00 bits per heavy atom. The van der Waals surface area contributed by atoms with E-state index in [9.17, 15) is 0 Å². The number of likely N-dealkylation sites (N-methyl/N-ethyl adjacent to an activating group) is 1. The first-order valence-corrected chi connectivity index (χ1v) is 10.0. The predicted molar refractivity (Wildman–Crippen MR) is 108 cm³/mol. The third-order valence-electron chi connectivity index (χ3n) is 4.38. The van der Waals surface area contributed by atoms with Crippen LogP contribution in [0.4, 0.5) is 0 Å². The number of nitrogens with one attached hydrogen (secondary N) is 2. The average Bonchev–Trinajstić information content (AvgIpc) is 2.57. The molecule has 144 valence electrons. The van der Waals surface area contributed by atoms with E-state index in [1.165, 1.54) is 32.2 Å². The van der Waals surface area contributed by atoms with E-state index in [0.29, 0.717) is 6.04 Å². The van der Waals surface area contributed by atoms with Gasteiger partial charge in [-0.15, -0.1) is 0 Å². The molecule has 0 fully saturated rings. The van der Waals surface area contributed by atoms with Crippen molar-refractivity contribution in [2.45, 2.75) is 66.3 Å². The van der Waals surface area contributed by atoms with Crippen molar-refractivity contribution in [2.75, 3.05) is 52.9 Å². The van der Waals surface area contributed by atoms with E-state index in [-0.39, 0.29) is 0 Å². The molecule has 0 aromatic carbocycles. The Morgan fingerprint density at radius 2 is 1.71 bits per heavy atom. The monoisotopic (exact) mass is 341 g/mol. The molecule has 5 heteroatoms. The van der Waals surface area contributed by atoms with Crippen molar-refractivity contribution in [1.29, 1.82) is 0 Å². The Hall–Kier alpha value is -0.810. The highest BCUT2D eigenvalue weighted by atomic mass is 15.2. The van der Waals surface area contributed by atoms with Crippen molar-refractivity contribution < 1.29 is 0 Å². The maximum Gasteiger partial charge on any atom is 0.191 e. The van der Waals surface area contributed by atoms with E-state index in [0.717, 1.165) is 45.2 Å². The molecule has 0 aliphatic carbocycles. The average molecular weight is 342 g/mol. The minimum absolute atomic E-state index is 0.455. The van der Waals surface area contributed by atoms with Crippen LogP contribution in [0, 0.1) is 0 Å². The van der Waals surface area contributed by atoms with Crippen molar-refractivity contribution in [3.05, 3.63) is 0 Å². The molecule has 5 nitrogen and oxygen atoms in total. The lowest BCUT2D eigenvalue weighted by Gasteiger charge is -2.21. The minimum Gasteiger partial charge on any atom is -0.357 e. The summed E-state index contributed by atoms with van der Waals surface area (Å²) in [6.07, 6.45) is 4.93. The molecule has 0 saturated carbocycles. The molecule has 0 aliphatic heterocycles. The normalized spacial score (nSPS) is 13.6. The molecule has 0 amide bonds. The zero-order valence-electron chi connectivity index (χ0n) is 17.2. The van der Waals surface area contributed by atoms with Gasteiger partial charge in [0.15, 0.2) is 5.96 Å². The number of guanidine groups is 1. The van der Waals surface area contributed by atoms with E-state index in [1.54, 1.807) is 0 Å². The van der Waals surface area contributed by atoms with Gasteiger partial charge in [0, 0.05) is 19.1 Å². The van der Waals surface area contributed by atoms with E-state index in [2.05, 4.69) is 62.1 Å². The molecule has 0 saturated heterocycles. The molecule has 0 spiro atoms. The fourth-order valence-corrected chi connectivity index (χ4v) is 2.66. The maximum absolute atomic E-state index is 4.72. The Balaban J connectivity index is 4.13. The molecule has 0 bridgehead atoms. The third-order valence-corrected chi connectivity index (χ3v) is 4.38. The van der Waals surface area contributed by atoms with E-state index in [1.807, 2.05) is 0 Å². The summed E-state index contributed by atoms with van der Waals surface area (Å²) in [5.74, 6) is 0.955. The molecule has 1 unspecified atom stereocenters. The van der Waals surface area contributed by atoms with E-state index >= 15 is 0 Å². The van der Waals surface area contributed by atoms with Crippen LogP contribution in [0.1, 0.15) is 60.3 Å². The highest BCUT2D eigenvalue weighted by Gasteiger charge is 2.06. The van der Waals surface area contributed by atoms with Gasteiger partial charge in [0.2, 0.25) is 0 Å². The number of aliphatic imine (C=N–C) groups is 1. The molecule has 24 heavy (non-hydrogen) atoms. The van der Waals surface area contributed by atoms with E-state index in [4.69, 9.17) is 4.99 Å². The van der Waals surface area contributed by atoms with Gasteiger partial charge in [-0.2, -0.15) is 0 Å². The quantitative estimate of drug-likeness (QED) is 0.377. The first-order valence-electron chi connectivity index (χ1n) is 10.0.